The molecule has 0 aromatic carbocycles. The van der Waals surface area contributed by atoms with Crippen LogP contribution < -0.4 is 5.73 Å². The van der Waals surface area contributed by atoms with Gasteiger partial charge >= 0.3 is 0 Å². The average molecular weight is 208 g/mol. The van der Waals surface area contributed by atoms with E-state index < -0.39 is 0 Å². The highest BCUT2D eigenvalue weighted by Crippen LogP contribution is 2.26. The van der Waals surface area contributed by atoms with E-state index in [1.807, 2.05) is 19.3 Å². The third-order valence-electron chi connectivity index (χ3n) is 3.35. The molecular weight excluding hydrogens is 188 g/mol. The van der Waals surface area contributed by atoms with E-state index in [0.717, 1.165) is 12.2 Å². The van der Waals surface area contributed by atoms with Crippen LogP contribution in [0.1, 0.15) is 25.7 Å². The molecule has 0 spiro atoms. The molecule has 2 rings (SSSR count). The lowest BCUT2D eigenvalue weighted by Gasteiger charge is -2.39. The monoisotopic (exact) mass is 208 g/mol. The second-order valence-electron chi connectivity index (χ2n) is 4.38. The molecule has 84 valence electrons. The van der Waals surface area contributed by atoms with Crippen LogP contribution in [-0.4, -0.2) is 30.7 Å². The summed E-state index contributed by atoms with van der Waals surface area (Å²) in [6, 6.07) is 0.507. The van der Waals surface area contributed by atoms with Crippen LogP contribution in [0.25, 0.3) is 0 Å². The lowest BCUT2D eigenvalue weighted by molar-refractivity contribution is 0.00728. The smallest absolute Gasteiger partial charge is 0.0774 e. The molecule has 0 saturated heterocycles. The summed E-state index contributed by atoms with van der Waals surface area (Å²) in [4.78, 5) is 2.32. The van der Waals surface area contributed by atoms with Crippen molar-refractivity contribution in [3.05, 3.63) is 24.0 Å². The van der Waals surface area contributed by atoms with E-state index in [-0.39, 0.29) is 0 Å². The molecule has 2 atom stereocenters. The van der Waals surface area contributed by atoms with Crippen molar-refractivity contribution in [2.24, 2.45) is 5.73 Å². The Labute approximate surface area is 91.6 Å². The zero-order chi connectivity index (χ0) is 10.7. The SMILES string of the molecule is CO[C@H]1CCCC[C@H]1N1C=CC=C(N)C1. The normalized spacial score (nSPS) is 31.5. The molecule has 0 amide bonds. The van der Waals surface area contributed by atoms with E-state index in [1.165, 1.54) is 25.7 Å². The first-order valence-corrected chi connectivity index (χ1v) is 5.72. The van der Waals surface area contributed by atoms with Gasteiger partial charge in [0.15, 0.2) is 0 Å². The van der Waals surface area contributed by atoms with E-state index in [0.29, 0.717) is 12.1 Å². The number of hydrogen-bond acceptors (Lipinski definition) is 3. The molecule has 3 heteroatoms. The first-order valence-electron chi connectivity index (χ1n) is 5.72. The lowest BCUT2D eigenvalue weighted by atomic mass is 9.91. The van der Waals surface area contributed by atoms with Gasteiger partial charge < -0.3 is 15.4 Å². The number of nitrogens with two attached hydrogens (primary N) is 1. The van der Waals surface area contributed by atoms with Crippen molar-refractivity contribution in [2.75, 3.05) is 13.7 Å². The molecule has 1 saturated carbocycles. The molecule has 1 aliphatic carbocycles. The third kappa shape index (κ3) is 2.34. The summed E-state index contributed by atoms with van der Waals surface area (Å²) in [6.07, 6.45) is 11.5. The molecule has 15 heavy (non-hydrogen) atoms. The Bertz CT molecular complexity index is 273. The standard InChI is InChI=1S/C12H20N2O/c1-15-12-7-3-2-6-11(12)14-8-4-5-10(13)9-14/h4-5,8,11-12H,2-3,6-7,9,13H2,1H3/t11-,12+/m1/s1. The minimum Gasteiger partial charge on any atom is -0.401 e. The zero-order valence-corrected chi connectivity index (χ0v) is 9.36. The van der Waals surface area contributed by atoms with Gasteiger partial charge in [-0.1, -0.05) is 12.8 Å². The predicted molar refractivity (Wildman–Crippen MR) is 61.2 cm³/mol. The summed E-state index contributed by atoms with van der Waals surface area (Å²) in [7, 11) is 1.82. The second kappa shape index (κ2) is 4.71. The van der Waals surface area contributed by atoms with E-state index in [2.05, 4.69) is 11.1 Å². The highest BCUT2D eigenvalue weighted by Gasteiger charge is 2.29. The quantitative estimate of drug-likeness (QED) is 0.749. The topological polar surface area (TPSA) is 38.5 Å². The summed E-state index contributed by atoms with van der Waals surface area (Å²) in [5, 5.41) is 0. The van der Waals surface area contributed by atoms with E-state index >= 15 is 0 Å². The van der Waals surface area contributed by atoms with Gasteiger partial charge in [-0.2, -0.15) is 0 Å². The number of methoxy groups -OCH3 is 1. The fraction of sp³-hybridized carbons (Fsp3) is 0.667. The van der Waals surface area contributed by atoms with Gasteiger partial charge in [-0.05, 0) is 31.2 Å². The molecule has 0 aromatic rings. The fourth-order valence-electron chi connectivity index (χ4n) is 2.55. The van der Waals surface area contributed by atoms with Gasteiger partial charge in [-0.25, -0.2) is 0 Å². The maximum Gasteiger partial charge on any atom is 0.0774 e. The Morgan fingerprint density at radius 2 is 2.20 bits per heavy atom. The number of ether oxygens (including phenoxy) is 1. The van der Waals surface area contributed by atoms with Crippen molar-refractivity contribution in [1.29, 1.82) is 0 Å². The van der Waals surface area contributed by atoms with E-state index in [9.17, 15) is 0 Å². The number of rotatable bonds is 2. The van der Waals surface area contributed by atoms with Crippen LogP contribution in [0.2, 0.25) is 0 Å². The molecular formula is C12H20N2O. The molecule has 1 heterocycles. The van der Waals surface area contributed by atoms with Crippen molar-refractivity contribution in [3.8, 4) is 0 Å². The zero-order valence-electron chi connectivity index (χ0n) is 9.36. The van der Waals surface area contributed by atoms with Gasteiger partial charge in [0.25, 0.3) is 0 Å². The third-order valence-corrected chi connectivity index (χ3v) is 3.35. The van der Waals surface area contributed by atoms with Crippen LogP contribution >= 0.6 is 0 Å². The van der Waals surface area contributed by atoms with Crippen molar-refractivity contribution in [3.63, 3.8) is 0 Å². The molecule has 0 radical (unpaired) electrons. The first kappa shape index (κ1) is 10.6. The van der Waals surface area contributed by atoms with Crippen LogP contribution in [-0.2, 0) is 4.74 Å². The van der Waals surface area contributed by atoms with Gasteiger partial charge in [-0.3, -0.25) is 0 Å². The number of nitrogens with zero attached hydrogens (tertiary/aromatic N) is 1. The van der Waals surface area contributed by atoms with Gasteiger partial charge in [0.05, 0.1) is 18.7 Å². The van der Waals surface area contributed by atoms with Crippen LogP contribution in [0.15, 0.2) is 24.0 Å². The minimum absolute atomic E-state index is 0.370. The van der Waals surface area contributed by atoms with Crippen molar-refractivity contribution in [2.45, 2.75) is 37.8 Å². The molecule has 1 aliphatic heterocycles. The van der Waals surface area contributed by atoms with Crippen LogP contribution in [0.3, 0.4) is 0 Å². The van der Waals surface area contributed by atoms with Gasteiger partial charge in [0.2, 0.25) is 0 Å². The molecule has 0 unspecified atom stereocenters. The predicted octanol–water partition coefficient (Wildman–Crippen LogP) is 1.62. The maximum atomic E-state index is 5.85. The molecule has 0 aromatic heterocycles. The van der Waals surface area contributed by atoms with Gasteiger partial charge in [0, 0.05) is 12.8 Å². The van der Waals surface area contributed by atoms with Crippen LogP contribution in [0.4, 0.5) is 0 Å². The van der Waals surface area contributed by atoms with Gasteiger partial charge in [-0.15, -0.1) is 0 Å². The van der Waals surface area contributed by atoms with E-state index in [4.69, 9.17) is 10.5 Å². The minimum atomic E-state index is 0.370. The van der Waals surface area contributed by atoms with Crippen molar-refractivity contribution in [1.82, 2.24) is 4.90 Å². The highest BCUT2D eigenvalue weighted by molar-refractivity contribution is 5.17. The van der Waals surface area contributed by atoms with Crippen molar-refractivity contribution < 1.29 is 4.74 Å². The Balaban J connectivity index is 2.02. The summed E-state index contributed by atoms with van der Waals surface area (Å²) >= 11 is 0. The molecule has 2 aliphatic rings. The Kier molecular flexibility index (Phi) is 3.31. The Hall–Kier alpha value is -0.960. The summed E-state index contributed by atoms with van der Waals surface area (Å²) < 4.78 is 5.56. The lowest BCUT2D eigenvalue weighted by Crippen LogP contribution is -2.45. The second-order valence-corrected chi connectivity index (χ2v) is 4.38. The Morgan fingerprint density at radius 3 is 2.93 bits per heavy atom. The van der Waals surface area contributed by atoms with Crippen LogP contribution in [0, 0.1) is 0 Å². The molecule has 3 nitrogen and oxygen atoms in total. The van der Waals surface area contributed by atoms with E-state index in [1.54, 1.807) is 0 Å². The largest absolute Gasteiger partial charge is 0.401 e. The number of allylic oxidation sites excluding steroid dienone is 2. The van der Waals surface area contributed by atoms with Crippen LogP contribution in [0.5, 0.6) is 0 Å². The molecule has 0 bridgehead atoms. The van der Waals surface area contributed by atoms with Gasteiger partial charge in [0.1, 0.15) is 0 Å². The number of hydrogen-bond donors (Lipinski definition) is 1. The summed E-state index contributed by atoms with van der Waals surface area (Å²) in [6.45, 7) is 0.848. The molecule has 2 N–H and O–H groups in total. The molecule has 1 fully saturated rings. The maximum absolute atomic E-state index is 5.85. The summed E-state index contributed by atoms with van der Waals surface area (Å²) in [5.74, 6) is 0. The fourth-order valence-corrected chi connectivity index (χ4v) is 2.55. The van der Waals surface area contributed by atoms with Crippen molar-refractivity contribution >= 4 is 0 Å². The Morgan fingerprint density at radius 1 is 1.40 bits per heavy atom. The highest BCUT2D eigenvalue weighted by atomic mass is 16.5. The summed E-state index contributed by atoms with van der Waals surface area (Å²) in [5.41, 5.74) is 6.79. The average Bonchev–Trinajstić information content (AvgIpc) is 2.29. The first-order chi connectivity index (χ1) is 7.31.